The Bertz CT molecular complexity index is 1540. The number of hydrogen-bond donors (Lipinski definition) is 1. The number of benzene rings is 2. The molecule has 0 spiro atoms. The lowest BCUT2D eigenvalue weighted by atomic mass is 9.89. The third kappa shape index (κ3) is 11.9. The van der Waals surface area contributed by atoms with Gasteiger partial charge in [0.15, 0.2) is 17.4 Å². The maximum absolute atomic E-state index is 12.4. The molecule has 2 unspecified atom stereocenters. The number of aliphatic hydroxyl groups is 1. The second-order valence-electron chi connectivity index (χ2n) is 19.0. The van der Waals surface area contributed by atoms with Crippen LogP contribution < -0.4 is 10.4 Å². The topological polar surface area (TPSA) is 111 Å². The molecule has 2 aromatic rings. The number of carbonyl (C=O) groups excluding carboxylic acids is 1. The molecule has 4 rings (SSSR count). The largest absolute Gasteiger partial charge is 0.409 e. The lowest BCUT2D eigenvalue weighted by molar-refractivity contribution is -0.181. The minimum Gasteiger partial charge on any atom is -0.409 e. The molecule has 324 valence electrons. The first-order valence-corrected chi connectivity index (χ1v) is 25.4. The summed E-state index contributed by atoms with van der Waals surface area (Å²) >= 11 is 0. The molecule has 2 aliphatic rings. The zero-order chi connectivity index (χ0) is 43.3. The lowest BCUT2D eigenvalue weighted by Gasteiger charge is -2.41. The number of ketones is 1. The van der Waals surface area contributed by atoms with E-state index in [9.17, 15) is 9.90 Å². The van der Waals surface area contributed by atoms with Crippen LogP contribution in [0.3, 0.4) is 0 Å². The van der Waals surface area contributed by atoms with Crippen LogP contribution in [0.1, 0.15) is 103 Å². The summed E-state index contributed by atoms with van der Waals surface area (Å²) in [5.41, 5.74) is -1.02. The summed E-state index contributed by atoms with van der Waals surface area (Å²) < 4.78 is 49.2. The van der Waals surface area contributed by atoms with E-state index in [0.29, 0.717) is 26.1 Å². The smallest absolute Gasteiger partial charge is 0.226 e. The molecular weight excluding hydrogens is 757 g/mol. The SMILES string of the molecule is CCC(=O)[C@H](OC)[C@H]1OC(C)(C)O[C@H]1CO[Si](C)(c1ccccc1)C(C)(C)C.CC[C@](C)(O)[C@H](OC)[C@H]1OC(C)(C)O[C@H]1CO[Si](C)(c1ccccc1)C(C)(C)C. The fraction of sp³-hybridized carbons (Fsp3) is 0.711. The highest BCUT2D eigenvalue weighted by Crippen LogP contribution is 2.41. The molecular formula is C45H76O10Si2. The van der Waals surface area contributed by atoms with Crippen molar-refractivity contribution in [3.8, 4) is 0 Å². The molecule has 1 N–H and O–H groups in total. The van der Waals surface area contributed by atoms with Gasteiger partial charge in [-0.05, 0) is 74.6 Å². The molecule has 2 heterocycles. The Kier molecular flexibility index (Phi) is 16.7. The molecule has 0 saturated carbocycles. The van der Waals surface area contributed by atoms with Gasteiger partial charge >= 0.3 is 0 Å². The average Bonchev–Trinajstić information content (AvgIpc) is 3.62. The van der Waals surface area contributed by atoms with Gasteiger partial charge in [0.25, 0.3) is 0 Å². The monoisotopic (exact) mass is 832 g/mol. The average molecular weight is 833 g/mol. The van der Waals surface area contributed by atoms with Crippen LogP contribution in [-0.4, -0.2) is 109 Å². The lowest BCUT2D eigenvalue weighted by Crippen LogP contribution is -2.57. The minimum absolute atomic E-state index is 0.00556. The fourth-order valence-corrected chi connectivity index (χ4v) is 13.1. The fourth-order valence-electron chi connectivity index (χ4n) is 7.57. The summed E-state index contributed by atoms with van der Waals surface area (Å²) in [5.74, 6) is -1.53. The zero-order valence-corrected chi connectivity index (χ0v) is 40.2. The van der Waals surface area contributed by atoms with Crippen molar-refractivity contribution in [2.75, 3.05) is 27.4 Å². The summed E-state index contributed by atoms with van der Waals surface area (Å²) in [6.45, 7) is 31.7. The molecule has 10 nitrogen and oxygen atoms in total. The summed E-state index contributed by atoms with van der Waals surface area (Å²) in [6.07, 6.45) is -1.82. The van der Waals surface area contributed by atoms with Gasteiger partial charge in [-0.2, -0.15) is 0 Å². The number of ether oxygens (including phenoxy) is 6. The van der Waals surface area contributed by atoms with E-state index in [1.165, 1.54) is 10.4 Å². The van der Waals surface area contributed by atoms with Gasteiger partial charge in [0.05, 0.1) is 18.8 Å². The first-order chi connectivity index (χ1) is 26.2. The molecule has 0 radical (unpaired) electrons. The molecule has 0 aromatic heterocycles. The molecule has 2 fully saturated rings. The van der Waals surface area contributed by atoms with Gasteiger partial charge in [-0.15, -0.1) is 0 Å². The van der Waals surface area contributed by atoms with Crippen LogP contribution in [0.15, 0.2) is 60.7 Å². The van der Waals surface area contributed by atoms with Crippen molar-refractivity contribution >= 4 is 32.8 Å². The molecule has 2 saturated heterocycles. The Hall–Kier alpha value is -1.82. The van der Waals surface area contributed by atoms with E-state index in [-0.39, 0.29) is 28.1 Å². The predicted molar refractivity (Wildman–Crippen MR) is 232 cm³/mol. The zero-order valence-electron chi connectivity index (χ0n) is 38.2. The van der Waals surface area contributed by atoms with Gasteiger partial charge in [-0.25, -0.2) is 0 Å². The molecule has 2 aromatic carbocycles. The summed E-state index contributed by atoms with van der Waals surface area (Å²) in [5, 5.41) is 13.3. The Morgan fingerprint density at radius 1 is 0.684 bits per heavy atom. The quantitative estimate of drug-likeness (QED) is 0.169. The highest BCUT2D eigenvalue weighted by atomic mass is 28.4. The number of carbonyl (C=O) groups is 1. The number of hydrogen-bond acceptors (Lipinski definition) is 10. The molecule has 12 heteroatoms. The Labute approximate surface area is 346 Å². The van der Waals surface area contributed by atoms with Crippen LogP contribution >= 0.6 is 0 Å². The molecule has 0 aliphatic carbocycles. The third-order valence-electron chi connectivity index (χ3n) is 12.1. The van der Waals surface area contributed by atoms with Crippen LogP contribution in [0.25, 0.3) is 0 Å². The second-order valence-corrected chi connectivity index (χ2v) is 27.9. The van der Waals surface area contributed by atoms with Crippen molar-refractivity contribution in [1.29, 1.82) is 0 Å². The van der Waals surface area contributed by atoms with Crippen LogP contribution in [-0.2, 0) is 42.1 Å². The first kappa shape index (κ1) is 49.5. The highest BCUT2D eigenvalue weighted by Gasteiger charge is 2.53. The van der Waals surface area contributed by atoms with Gasteiger partial charge in [0.1, 0.15) is 36.6 Å². The molecule has 57 heavy (non-hydrogen) atoms. The third-order valence-corrected chi connectivity index (χ3v) is 22.2. The van der Waals surface area contributed by atoms with E-state index in [0.717, 1.165) is 0 Å². The second kappa shape index (κ2) is 19.3. The molecule has 2 aliphatic heterocycles. The predicted octanol–water partition coefficient (Wildman–Crippen LogP) is 7.78. The van der Waals surface area contributed by atoms with Crippen molar-refractivity contribution in [3.63, 3.8) is 0 Å². The van der Waals surface area contributed by atoms with Crippen molar-refractivity contribution < 1.29 is 47.2 Å². The number of methoxy groups -OCH3 is 2. The summed E-state index contributed by atoms with van der Waals surface area (Å²) in [7, 11) is -1.47. The van der Waals surface area contributed by atoms with Gasteiger partial charge in [0.2, 0.25) is 16.6 Å². The Balaban J connectivity index is 0.000000306. The van der Waals surface area contributed by atoms with Crippen LogP contribution in [0, 0.1) is 0 Å². The van der Waals surface area contributed by atoms with Gasteiger partial charge in [-0.1, -0.05) is 116 Å². The Morgan fingerprint density at radius 2 is 1.07 bits per heavy atom. The van der Waals surface area contributed by atoms with Crippen molar-refractivity contribution in [2.45, 2.75) is 180 Å². The minimum atomic E-state index is -2.31. The summed E-state index contributed by atoms with van der Waals surface area (Å²) in [6, 6.07) is 20.9. The summed E-state index contributed by atoms with van der Waals surface area (Å²) in [4.78, 5) is 12.4. The Morgan fingerprint density at radius 3 is 1.40 bits per heavy atom. The van der Waals surface area contributed by atoms with E-state index in [1.54, 1.807) is 21.1 Å². The van der Waals surface area contributed by atoms with Crippen molar-refractivity contribution in [3.05, 3.63) is 60.7 Å². The van der Waals surface area contributed by atoms with Crippen LogP contribution in [0.4, 0.5) is 0 Å². The maximum Gasteiger partial charge on any atom is 0.226 e. The standard InChI is InChI=1S/C23H40O5Si.C22H36O5Si/c1-10-23(7,24)20(25-8)19-18(27-22(5,6)28-19)16-26-29(9,21(2,3)4)17-14-12-11-13-15-17;1-9-17(23)19(24-7)20-18(26-22(5,6)27-20)15-25-28(8,21(2,3)4)16-13-11-10-12-14-16/h11-15,18-20,24H,10,16H2,1-9H3;10-14,18-20H,9,15H2,1-8H3/t18-,19-,20+,23-,29?;18-,19-,20-,28?/m00/s1. The van der Waals surface area contributed by atoms with E-state index in [4.69, 9.17) is 37.3 Å². The number of rotatable bonds is 16. The van der Waals surface area contributed by atoms with Crippen molar-refractivity contribution in [2.24, 2.45) is 0 Å². The molecule has 0 amide bonds. The van der Waals surface area contributed by atoms with Gasteiger partial charge in [0, 0.05) is 20.6 Å². The maximum atomic E-state index is 12.4. The van der Waals surface area contributed by atoms with E-state index in [1.807, 2.05) is 53.7 Å². The van der Waals surface area contributed by atoms with Crippen LogP contribution in [0.2, 0.25) is 23.2 Å². The molecule has 9 atom stereocenters. The van der Waals surface area contributed by atoms with E-state index in [2.05, 4.69) is 103 Å². The van der Waals surface area contributed by atoms with Gasteiger partial charge < -0.3 is 42.4 Å². The number of Topliss-reactive ketones (excluding diaryl/α,β-unsaturated/α-hetero) is 1. The van der Waals surface area contributed by atoms with Crippen molar-refractivity contribution in [1.82, 2.24) is 0 Å². The molecule has 0 bridgehead atoms. The first-order valence-electron chi connectivity index (χ1n) is 20.6. The van der Waals surface area contributed by atoms with E-state index < -0.39 is 58.2 Å². The van der Waals surface area contributed by atoms with Gasteiger partial charge in [-0.3, -0.25) is 4.79 Å². The highest BCUT2D eigenvalue weighted by molar-refractivity contribution is 6.88. The normalized spacial score (nSPS) is 26.3. The van der Waals surface area contributed by atoms with Crippen LogP contribution in [0.5, 0.6) is 0 Å². The van der Waals surface area contributed by atoms with E-state index >= 15 is 0 Å².